The lowest BCUT2D eigenvalue weighted by Gasteiger charge is -2.34. The third kappa shape index (κ3) is 3.21. The van der Waals surface area contributed by atoms with Crippen molar-refractivity contribution in [1.82, 2.24) is 4.72 Å². The van der Waals surface area contributed by atoms with Gasteiger partial charge in [0, 0.05) is 6.04 Å². The topological polar surface area (TPSA) is 46.2 Å². The second kappa shape index (κ2) is 4.94. The molecule has 0 aromatic carbocycles. The second-order valence-corrected chi connectivity index (χ2v) is 7.27. The first kappa shape index (κ1) is 12.5. The molecule has 0 radical (unpaired) electrons. The van der Waals surface area contributed by atoms with Gasteiger partial charge >= 0.3 is 0 Å². The number of nitrogens with one attached hydrogen (secondary N) is 1. The van der Waals surface area contributed by atoms with E-state index in [1.54, 1.807) is 0 Å². The molecule has 1 saturated carbocycles. The molecule has 14 heavy (non-hydrogen) atoms. The summed E-state index contributed by atoms with van der Waals surface area (Å²) in [6.07, 6.45) is 3.31. The molecule has 1 N–H and O–H groups in total. The van der Waals surface area contributed by atoms with Crippen LogP contribution in [0.2, 0.25) is 0 Å². The largest absolute Gasteiger partial charge is 0.221 e. The summed E-state index contributed by atoms with van der Waals surface area (Å²) in [6.45, 7) is 4.32. The van der Waals surface area contributed by atoms with E-state index in [4.69, 9.17) is 0 Å². The average Bonchev–Trinajstić information content (AvgIpc) is 2.13. The minimum Gasteiger partial charge on any atom is -0.212 e. The maximum Gasteiger partial charge on any atom is 0.221 e. The predicted octanol–water partition coefficient (Wildman–Crippen LogP) is 2.08. The van der Waals surface area contributed by atoms with Gasteiger partial charge in [-0.3, -0.25) is 0 Å². The Bertz CT molecular complexity index is 279. The van der Waals surface area contributed by atoms with Gasteiger partial charge in [0.2, 0.25) is 10.0 Å². The van der Waals surface area contributed by atoms with Gasteiger partial charge in [-0.05, 0) is 18.3 Å². The second-order valence-electron chi connectivity index (χ2n) is 4.22. The lowest BCUT2D eigenvalue weighted by Crippen LogP contribution is -2.43. The van der Waals surface area contributed by atoms with E-state index >= 15 is 0 Å². The molecule has 3 unspecified atom stereocenters. The molecule has 0 amide bonds. The minimum absolute atomic E-state index is 0.00238. The van der Waals surface area contributed by atoms with Crippen LogP contribution in [-0.4, -0.2) is 19.1 Å². The summed E-state index contributed by atoms with van der Waals surface area (Å²) < 4.78 is 25.5. The van der Waals surface area contributed by atoms with Crippen LogP contribution in [0.5, 0.6) is 0 Å². The van der Waals surface area contributed by atoms with Crippen LogP contribution in [-0.2, 0) is 10.0 Å². The third-order valence-electron chi connectivity index (χ3n) is 3.18. The maximum atomic E-state index is 11.4. The van der Waals surface area contributed by atoms with Gasteiger partial charge in [-0.25, -0.2) is 13.1 Å². The molecular weight excluding hydrogens is 266 g/mol. The van der Waals surface area contributed by atoms with Gasteiger partial charge in [0.1, 0.15) is 4.66 Å². The monoisotopic (exact) mass is 283 g/mol. The summed E-state index contributed by atoms with van der Waals surface area (Å²) in [4.78, 5) is 0. The Morgan fingerprint density at radius 2 is 2.00 bits per heavy atom. The summed E-state index contributed by atoms with van der Waals surface area (Å²) >= 11 is 2.98. The van der Waals surface area contributed by atoms with Crippen molar-refractivity contribution in [1.29, 1.82) is 0 Å². The fourth-order valence-corrected chi connectivity index (χ4v) is 3.26. The molecule has 3 atom stereocenters. The van der Waals surface area contributed by atoms with Gasteiger partial charge < -0.3 is 0 Å². The van der Waals surface area contributed by atoms with Crippen LogP contribution in [0.4, 0.5) is 0 Å². The zero-order valence-electron chi connectivity index (χ0n) is 8.66. The number of hydrogen-bond acceptors (Lipinski definition) is 2. The van der Waals surface area contributed by atoms with Crippen LogP contribution >= 0.6 is 15.9 Å². The Labute approximate surface area is 94.8 Å². The van der Waals surface area contributed by atoms with E-state index in [0.717, 1.165) is 12.8 Å². The van der Waals surface area contributed by atoms with E-state index in [9.17, 15) is 8.42 Å². The quantitative estimate of drug-likeness (QED) is 0.807. The lowest BCUT2D eigenvalue weighted by atomic mass is 9.78. The third-order valence-corrected chi connectivity index (χ3v) is 5.94. The highest BCUT2D eigenvalue weighted by Crippen LogP contribution is 2.29. The van der Waals surface area contributed by atoms with Crippen LogP contribution in [0.25, 0.3) is 0 Å². The van der Waals surface area contributed by atoms with Crippen molar-refractivity contribution >= 4 is 26.0 Å². The molecule has 1 fully saturated rings. The lowest BCUT2D eigenvalue weighted by molar-refractivity contribution is 0.227. The van der Waals surface area contributed by atoms with Crippen LogP contribution in [0.3, 0.4) is 0 Å². The fraction of sp³-hybridized carbons (Fsp3) is 1.00. The Hall–Kier alpha value is 0.390. The zero-order valence-corrected chi connectivity index (χ0v) is 11.1. The Kier molecular flexibility index (Phi) is 4.40. The molecule has 0 aromatic rings. The molecule has 3 nitrogen and oxygen atoms in total. The SMILES string of the molecule is CC1CCCC(NS(=O)(=O)CBr)C1C. The molecule has 0 aromatic heterocycles. The van der Waals surface area contributed by atoms with Gasteiger partial charge in [-0.1, -0.05) is 42.6 Å². The number of hydrogen-bond donors (Lipinski definition) is 1. The van der Waals surface area contributed by atoms with Gasteiger partial charge in [0.15, 0.2) is 0 Å². The van der Waals surface area contributed by atoms with Crippen molar-refractivity contribution < 1.29 is 8.42 Å². The number of halogens is 1. The molecule has 0 bridgehead atoms. The standard InChI is InChI=1S/C9H18BrNO2S/c1-7-4-3-5-9(8(7)2)11-14(12,13)6-10/h7-9,11H,3-6H2,1-2H3. The van der Waals surface area contributed by atoms with Gasteiger partial charge in [-0.15, -0.1) is 0 Å². The van der Waals surface area contributed by atoms with E-state index < -0.39 is 10.0 Å². The van der Waals surface area contributed by atoms with E-state index in [0.29, 0.717) is 11.8 Å². The molecule has 1 aliphatic carbocycles. The molecule has 1 rings (SSSR count). The van der Waals surface area contributed by atoms with E-state index in [1.807, 2.05) is 0 Å². The highest BCUT2D eigenvalue weighted by molar-refractivity contribution is 9.10. The minimum atomic E-state index is -3.11. The fourth-order valence-electron chi connectivity index (χ4n) is 2.01. The van der Waals surface area contributed by atoms with E-state index in [2.05, 4.69) is 34.5 Å². The van der Waals surface area contributed by atoms with Crippen molar-refractivity contribution in [2.75, 3.05) is 4.66 Å². The predicted molar refractivity (Wildman–Crippen MR) is 61.8 cm³/mol. The van der Waals surface area contributed by atoms with Crippen molar-refractivity contribution in [2.24, 2.45) is 11.8 Å². The Morgan fingerprint density at radius 3 is 2.57 bits per heavy atom. The number of rotatable bonds is 3. The molecule has 84 valence electrons. The van der Waals surface area contributed by atoms with E-state index in [-0.39, 0.29) is 10.7 Å². The maximum absolute atomic E-state index is 11.4. The first-order valence-corrected chi connectivity index (χ1v) is 7.79. The van der Waals surface area contributed by atoms with Crippen molar-refractivity contribution in [3.8, 4) is 0 Å². The van der Waals surface area contributed by atoms with Gasteiger partial charge in [0.05, 0.1) is 0 Å². The molecule has 0 aliphatic heterocycles. The van der Waals surface area contributed by atoms with Crippen molar-refractivity contribution in [3.63, 3.8) is 0 Å². The van der Waals surface area contributed by atoms with Gasteiger partial charge in [0.25, 0.3) is 0 Å². The smallest absolute Gasteiger partial charge is 0.212 e. The summed E-state index contributed by atoms with van der Waals surface area (Å²) in [5, 5.41) is 0. The molecule has 0 spiro atoms. The first-order valence-electron chi connectivity index (χ1n) is 5.02. The molecule has 1 aliphatic rings. The Balaban J connectivity index is 2.60. The summed E-state index contributed by atoms with van der Waals surface area (Å²) in [5.74, 6) is 1.06. The number of alkyl halides is 1. The van der Waals surface area contributed by atoms with Crippen LogP contribution in [0.1, 0.15) is 33.1 Å². The van der Waals surface area contributed by atoms with Crippen LogP contribution in [0, 0.1) is 11.8 Å². The highest BCUT2D eigenvalue weighted by atomic mass is 79.9. The van der Waals surface area contributed by atoms with Crippen LogP contribution in [0.15, 0.2) is 0 Å². The average molecular weight is 284 g/mol. The normalized spacial score (nSPS) is 34.4. The molecule has 5 heteroatoms. The molecular formula is C9H18BrNO2S. The summed E-state index contributed by atoms with van der Waals surface area (Å²) in [6, 6.07) is 0.126. The van der Waals surface area contributed by atoms with Crippen LogP contribution < -0.4 is 4.72 Å². The summed E-state index contributed by atoms with van der Waals surface area (Å²) in [7, 11) is -3.11. The first-order chi connectivity index (χ1) is 6.46. The Morgan fingerprint density at radius 1 is 1.36 bits per heavy atom. The number of sulfonamides is 1. The zero-order chi connectivity index (χ0) is 10.8. The highest BCUT2D eigenvalue weighted by Gasteiger charge is 2.29. The van der Waals surface area contributed by atoms with Crippen molar-refractivity contribution in [3.05, 3.63) is 0 Å². The van der Waals surface area contributed by atoms with E-state index in [1.165, 1.54) is 6.42 Å². The molecule has 0 heterocycles. The summed E-state index contributed by atoms with van der Waals surface area (Å²) in [5.41, 5.74) is 0. The van der Waals surface area contributed by atoms with Gasteiger partial charge in [-0.2, -0.15) is 0 Å². The van der Waals surface area contributed by atoms with Crippen molar-refractivity contribution in [2.45, 2.75) is 39.2 Å². The molecule has 0 saturated heterocycles.